The Kier molecular flexibility index (Phi) is 6.71. The van der Waals surface area contributed by atoms with Gasteiger partial charge in [0.2, 0.25) is 5.91 Å². The van der Waals surface area contributed by atoms with E-state index >= 15 is 0 Å². The number of carbonyl (C=O) groups excluding carboxylic acids is 1. The topological polar surface area (TPSA) is 75.1 Å². The van der Waals surface area contributed by atoms with Gasteiger partial charge >= 0.3 is 0 Å². The maximum Gasteiger partial charge on any atom is 0.226 e. The Morgan fingerprint density at radius 1 is 1.08 bits per heavy atom. The van der Waals surface area contributed by atoms with Gasteiger partial charge in [0.05, 0.1) is 34.3 Å². The molecule has 0 unspecified atom stereocenters. The Balaban J connectivity index is 1.59. The van der Waals surface area contributed by atoms with Crippen molar-refractivity contribution < 1.29 is 4.79 Å². The molecule has 4 aromatic rings. The molecule has 0 saturated carbocycles. The summed E-state index contributed by atoms with van der Waals surface area (Å²) in [7, 11) is 0. The molecule has 0 spiro atoms. The largest absolute Gasteiger partial charge is 0.351 e. The summed E-state index contributed by atoms with van der Waals surface area (Å²) in [5.74, 6) is -0.245. The Morgan fingerprint density at radius 3 is 2.64 bits per heavy atom. The Bertz CT molecular complexity index is 1390. The van der Waals surface area contributed by atoms with Gasteiger partial charge in [-0.3, -0.25) is 14.8 Å². The second-order valence-corrected chi connectivity index (χ2v) is 9.61. The number of anilines is 2. The highest BCUT2D eigenvalue weighted by Crippen LogP contribution is 2.43. The number of nitrogens with zero attached hydrogens (tertiary/aromatic N) is 4. The van der Waals surface area contributed by atoms with E-state index in [-0.39, 0.29) is 23.9 Å². The van der Waals surface area contributed by atoms with Crippen LogP contribution in [0.1, 0.15) is 37.3 Å². The predicted molar refractivity (Wildman–Crippen MR) is 146 cm³/mol. The van der Waals surface area contributed by atoms with Gasteiger partial charge in [-0.15, -0.1) is 0 Å². The number of aromatic nitrogens is 3. The predicted octanol–water partition coefficient (Wildman–Crippen LogP) is 5.69. The van der Waals surface area contributed by atoms with Crippen LogP contribution in [-0.2, 0) is 4.79 Å². The molecular weight excluding hydrogens is 492 g/mol. The number of amides is 1. The quantitative estimate of drug-likeness (QED) is 0.320. The summed E-state index contributed by atoms with van der Waals surface area (Å²) in [6.07, 6.45) is 7.37. The normalized spacial score (nSPS) is 17.3. The molecule has 0 aliphatic carbocycles. The molecule has 3 aromatic heterocycles. The van der Waals surface area contributed by atoms with E-state index in [0.717, 1.165) is 22.8 Å². The van der Waals surface area contributed by atoms with Crippen LogP contribution in [0.2, 0.25) is 5.02 Å². The Labute approximate surface area is 220 Å². The molecule has 9 heteroatoms. The van der Waals surface area contributed by atoms with Crippen LogP contribution in [0.15, 0.2) is 85.5 Å². The van der Waals surface area contributed by atoms with E-state index in [0.29, 0.717) is 15.8 Å². The fraction of sp³-hybridized carbons (Fsp3) is 0.185. The van der Waals surface area contributed by atoms with E-state index in [1.165, 1.54) is 0 Å². The van der Waals surface area contributed by atoms with E-state index in [9.17, 15) is 4.79 Å². The average molecular weight is 517 g/mol. The summed E-state index contributed by atoms with van der Waals surface area (Å²) in [5, 5.41) is 7.35. The first-order valence-electron chi connectivity index (χ1n) is 11.6. The molecule has 7 nitrogen and oxygen atoms in total. The van der Waals surface area contributed by atoms with Crippen molar-refractivity contribution in [2.45, 2.75) is 25.9 Å². The molecule has 2 atom stereocenters. The maximum atomic E-state index is 12.2. The van der Waals surface area contributed by atoms with E-state index in [2.05, 4.69) is 36.1 Å². The van der Waals surface area contributed by atoms with Gasteiger partial charge in [0.25, 0.3) is 0 Å². The van der Waals surface area contributed by atoms with E-state index in [4.69, 9.17) is 23.8 Å². The summed E-state index contributed by atoms with van der Waals surface area (Å²) < 4.78 is 2.11. The number of thiocarbonyl (C=S) groups is 1. The number of benzene rings is 1. The van der Waals surface area contributed by atoms with Crippen molar-refractivity contribution in [3.05, 3.63) is 102 Å². The zero-order valence-corrected chi connectivity index (χ0v) is 21.4. The minimum absolute atomic E-state index is 0.0922. The lowest BCUT2D eigenvalue weighted by atomic mass is 10.0. The van der Waals surface area contributed by atoms with Gasteiger partial charge in [-0.05, 0) is 66.8 Å². The molecule has 0 bridgehead atoms. The number of nitrogens with one attached hydrogen (secondary N) is 2. The van der Waals surface area contributed by atoms with Gasteiger partial charge in [-0.25, -0.2) is 0 Å². The fourth-order valence-corrected chi connectivity index (χ4v) is 4.90. The monoisotopic (exact) mass is 516 g/mol. The van der Waals surface area contributed by atoms with Crippen LogP contribution in [-0.4, -0.2) is 25.6 Å². The van der Waals surface area contributed by atoms with Crippen LogP contribution in [0.3, 0.4) is 0 Å². The van der Waals surface area contributed by atoms with Crippen molar-refractivity contribution in [1.29, 1.82) is 0 Å². The molecule has 1 aliphatic rings. The minimum atomic E-state index is -0.227. The first kappa shape index (κ1) is 24.0. The van der Waals surface area contributed by atoms with Gasteiger partial charge in [0.1, 0.15) is 6.04 Å². The minimum Gasteiger partial charge on any atom is -0.351 e. The van der Waals surface area contributed by atoms with Crippen LogP contribution in [0.25, 0.3) is 5.69 Å². The summed E-state index contributed by atoms with van der Waals surface area (Å²) in [4.78, 5) is 23.2. The Morgan fingerprint density at radius 2 is 1.94 bits per heavy atom. The molecule has 5 rings (SSSR count). The van der Waals surface area contributed by atoms with Gasteiger partial charge < -0.3 is 20.1 Å². The number of halogens is 1. The van der Waals surface area contributed by atoms with Crippen LogP contribution in [0.4, 0.5) is 11.4 Å². The summed E-state index contributed by atoms with van der Waals surface area (Å²) >= 11 is 12.5. The molecule has 1 saturated heterocycles. The smallest absolute Gasteiger partial charge is 0.226 e. The van der Waals surface area contributed by atoms with Crippen molar-refractivity contribution in [3.8, 4) is 5.69 Å². The molecule has 1 aliphatic heterocycles. The third-order valence-electron chi connectivity index (χ3n) is 6.12. The highest BCUT2D eigenvalue weighted by molar-refractivity contribution is 7.80. The van der Waals surface area contributed by atoms with Crippen molar-refractivity contribution >= 4 is 46.2 Å². The van der Waals surface area contributed by atoms with Crippen LogP contribution in [0, 0.1) is 5.92 Å². The Hall–Kier alpha value is -3.75. The van der Waals surface area contributed by atoms with E-state index in [1.807, 2.05) is 80.8 Å². The molecule has 36 heavy (non-hydrogen) atoms. The second kappa shape index (κ2) is 10.1. The lowest BCUT2D eigenvalue weighted by Gasteiger charge is -2.29. The lowest BCUT2D eigenvalue weighted by molar-refractivity contribution is -0.118. The fourth-order valence-electron chi connectivity index (χ4n) is 4.33. The molecule has 4 heterocycles. The number of hydrogen-bond acceptors (Lipinski definition) is 4. The van der Waals surface area contributed by atoms with E-state index in [1.54, 1.807) is 12.4 Å². The highest BCUT2D eigenvalue weighted by Gasteiger charge is 2.42. The van der Waals surface area contributed by atoms with Crippen molar-refractivity contribution in [2.24, 2.45) is 5.92 Å². The second-order valence-electron chi connectivity index (χ2n) is 8.82. The zero-order valence-electron chi connectivity index (χ0n) is 19.8. The first-order valence-corrected chi connectivity index (χ1v) is 12.4. The summed E-state index contributed by atoms with van der Waals surface area (Å²) in [6.45, 7) is 3.68. The third-order valence-corrected chi connectivity index (χ3v) is 6.75. The van der Waals surface area contributed by atoms with Crippen molar-refractivity contribution in [2.75, 3.05) is 10.2 Å². The van der Waals surface area contributed by atoms with Crippen LogP contribution < -0.4 is 15.5 Å². The highest BCUT2D eigenvalue weighted by atomic mass is 35.5. The molecule has 1 fully saturated rings. The van der Waals surface area contributed by atoms with Gasteiger partial charge in [-0.1, -0.05) is 31.5 Å². The van der Waals surface area contributed by atoms with Crippen LogP contribution >= 0.6 is 23.8 Å². The molecular formula is C27H25ClN6OS. The SMILES string of the molecule is CC(C)C(=O)Nc1ccc(N2C(=S)N[C@@H](c3ccccn3)[C@@H]2c2cccn2-c2cccnc2)cc1Cl. The standard InChI is InChI=1S/C27H25ClN6OS/c1-17(2)26(35)31-21-11-10-18(15-20(21)28)34-25(24(32-27(34)36)22-8-3-4-13-30-22)23-9-6-14-33(23)19-7-5-12-29-16-19/h3-17,24-25H,1-2H3,(H,31,35)(H,32,36)/t24-,25-/m0/s1. The molecule has 1 aromatic carbocycles. The van der Waals surface area contributed by atoms with Crippen molar-refractivity contribution in [3.63, 3.8) is 0 Å². The van der Waals surface area contributed by atoms with Gasteiger partial charge in [0.15, 0.2) is 5.11 Å². The number of hydrogen-bond donors (Lipinski definition) is 2. The van der Waals surface area contributed by atoms with E-state index < -0.39 is 0 Å². The molecule has 1 amide bonds. The zero-order chi connectivity index (χ0) is 25.2. The summed E-state index contributed by atoms with van der Waals surface area (Å²) in [5.41, 5.74) is 4.20. The number of pyridine rings is 2. The molecule has 0 radical (unpaired) electrons. The third kappa shape index (κ3) is 4.57. The van der Waals surface area contributed by atoms with Crippen LogP contribution in [0.5, 0.6) is 0 Å². The van der Waals surface area contributed by atoms with Gasteiger partial charge in [0, 0.05) is 35.9 Å². The first-order chi connectivity index (χ1) is 17.4. The maximum absolute atomic E-state index is 12.2. The number of rotatable bonds is 6. The molecule has 2 N–H and O–H groups in total. The average Bonchev–Trinajstić information content (AvgIpc) is 3.50. The number of carbonyl (C=O) groups is 1. The van der Waals surface area contributed by atoms with Crippen molar-refractivity contribution in [1.82, 2.24) is 19.9 Å². The lowest BCUT2D eigenvalue weighted by Crippen LogP contribution is -2.30. The van der Waals surface area contributed by atoms with Gasteiger partial charge in [-0.2, -0.15) is 0 Å². The molecule has 182 valence electrons. The summed E-state index contributed by atoms with van der Waals surface area (Å²) in [6, 6.07) is 19.0.